The minimum atomic E-state index is -0.678. The van der Waals surface area contributed by atoms with Crippen LogP contribution in [0.5, 0.6) is 0 Å². The number of nitrogens with zero attached hydrogens (tertiary/aromatic N) is 3. The van der Waals surface area contributed by atoms with Crippen molar-refractivity contribution < 1.29 is 9.59 Å². The minimum absolute atomic E-state index is 0.183. The first kappa shape index (κ1) is 15.1. The topological polar surface area (TPSA) is 75.2 Å². The summed E-state index contributed by atoms with van der Waals surface area (Å²) in [5.41, 5.74) is 0.793. The van der Waals surface area contributed by atoms with E-state index in [2.05, 4.69) is 30.6 Å². The smallest absolute Gasteiger partial charge is 0.239 e. The van der Waals surface area contributed by atoms with E-state index >= 15 is 0 Å². The first-order valence-corrected chi connectivity index (χ1v) is 8.29. The van der Waals surface area contributed by atoms with E-state index < -0.39 is 5.92 Å². The van der Waals surface area contributed by atoms with Gasteiger partial charge >= 0.3 is 0 Å². The fourth-order valence-electron chi connectivity index (χ4n) is 2.36. The number of hydrogen-bond donors (Lipinski definition) is 1. The van der Waals surface area contributed by atoms with Crippen LogP contribution in [-0.2, 0) is 9.59 Å². The number of halogens is 1. The summed E-state index contributed by atoms with van der Waals surface area (Å²) in [7, 11) is 0. The van der Waals surface area contributed by atoms with Crippen LogP contribution in [0.15, 0.2) is 28.7 Å². The van der Waals surface area contributed by atoms with Crippen LogP contribution in [0, 0.1) is 12.8 Å². The lowest BCUT2D eigenvalue weighted by Gasteiger charge is -2.16. The van der Waals surface area contributed by atoms with Gasteiger partial charge in [0.05, 0.1) is 0 Å². The van der Waals surface area contributed by atoms with Gasteiger partial charge in [0.2, 0.25) is 16.9 Å². The van der Waals surface area contributed by atoms with Gasteiger partial charge < -0.3 is 10.2 Å². The third-order valence-electron chi connectivity index (χ3n) is 3.40. The molecule has 1 aromatic carbocycles. The zero-order valence-electron chi connectivity index (χ0n) is 11.7. The average molecular weight is 381 g/mol. The molecule has 6 nitrogen and oxygen atoms in total. The lowest BCUT2D eigenvalue weighted by molar-refractivity contribution is -0.129. The molecule has 1 fully saturated rings. The van der Waals surface area contributed by atoms with Crippen LogP contribution in [0.25, 0.3) is 0 Å². The molecule has 0 saturated carbocycles. The molecule has 0 aliphatic carbocycles. The molecule has 1 aliphatic heterocycles. The van der Waals surface area contributed by atoms with Crippen LogP contribution in [-0.4, -0.2) is 27.7 Å². The van der Waals surface area contributed by atoms with Crippen molar-refractivity contribution >= 4 is 50.1 Å². The molecule has 2 amide bonds. The predicted octanol–water partition coefficient (Wildman–Crippen LogP) is 2.60. The lowest BCUT2D eigenvalue weighted by atomic mass is 10.1. The van der Waals surface area contributed by atoms with Crippen molar-refractivity contribution in [2.45, 2.75) is 13.3 Å². The molecule has 0 spiro atoms. The molecule has 8 heteroatoms. The van der Waals surface area contributed by atoms with E-state index in [1.165, 1.54) is 0 Å². The number of aromatic nitrogens is 2. The molecule has 1 N–H and O–H groups in total. The van der Waals surface area contributed by atoms with Gasteiger partial charge in [0, 0.05) is 28.2 Å². The summed E-state index contributed by atoms with van der Waals surface area (Å²) in [6.45, 7) is 2.28. The lowest BCUT2D eigenvalue weighted by Crippen LogP contribution is -2.33. The molecule has 0 bridgehead atoms. The van der Waals surface area contributed by atoms with Crippen LogP contribution in [0.2, 0.25) is 0 Å². The highest BCUT2D eigenvalue weighted by atomic mass is 79.9. The number of aryl methyl sites for hydroxylation is 1. The van der Waals surface area contributed by atoms with E-state index in [0.29, 0.717) is 23.9 Å². The number of nitrogens with one attached hydrogen (secondary N) is 1. The van der Waals surface area contributed by atoms with Crippen molar-refractivity contribution in [3.05, 3.63) is 34.6 Å². The third kappa shape index (κ3) is 3.02. The highest BCUT2D eigenvalue weighted by molar-refractivity contribution is 9.10. The molecule has 3 rings (SSSR count). The Morgan fingerprint density at radius 1 is 1.50 bits per heavy atom. The summed E-state index contributed by atoms with van der Waals surface area (Å²) >= 11 is 4.50. The van der Waals surface area contributed by atoms with Crippen molar-refractivity contribution in [2.75, 3.05) is 16.8 Å². The Morgan fingerprint density at radius 3 is 3.00 bits per heavy atom. The zero-order valence-corrected chi connectivity index (χ0v) is 14.1. The quantitative estimate of drug-likeness (QED) is 0.830. The molecule has 1 saturated heterocycles. The van der Waals surface area contributed by atoms with Gasteiger partial charge in [-0.1, -0.05) is 22.0 Å². The molecule has 1 aliphatic rings. The van der Waals surface area contributed by atoms with E-state index in [1.54, 1.807) is 11.8 Å². The Kier molecular flexibility index (Phi) is 4.21. The van der Waals surface area contributed by atoms with Crippen molar-refractivity contribution in [3.8, 4) is 0 Å². The summed E-state index contributed by atoms with van der Waals surface area (Å²) in [5.74, 6) is -0.576. The molecule has 0 radical (unpaired) electrons. The van der Waals surface area contributed by atoms with E-state index in [1.807, 2.05) is 24.3 Å². The van der Waals surface area contributed by atoms with Crippen molar-refractivity contribution in [2.24, 2.45) is 5.92 Å². The number of anilines is 2. The van der Waals surface area contributed by atoms with Gasteiger partial charge in [-0.05, 0) is 31.5 Å². The second-order valence-corrected chi connectivity index (χ2v) is 6.61. The molecule has 114 valence electrons. The largest absolute Gasteiger partial charge is 0.312 e. The van der Waals surface area contributed by atoms with E-state index in [0.717, 1.165) is 21.7 Å². The summed E-state index contributed by atoms with van der Waals surface area (Å²) in [4.78, 5) is 30.4. The van der Waals surface area contributed by atoms with Gasteiger partial charge in [-0.3, -0.25) is 9.59 Å². The normalized spacial score (nSPS) is 17.8. The summed E-state index contributed by atoms with van der Waals surface area (Å²) < 4.78 is 4.90. The average Bonchev–Trinajstić information content (AvgIpc) is 3.05. The van der Waals surface area contributed by atoms with Gasteiger partial charge in [0.15, 0.2) is 0 Å². The molecular formula is C14H13BrN4O2S. The van der Waals surface area contributed by atoms with Gasteiger partial charge in [0.1, 0.15) is 11.7 Å². The molecule has 1 aromatic heterocycles. The van der Waals surface area contributed by atoms with E-state index in [-0.39, 0.29) is 11.8 Å². The van der Waals surface area contributed by atoms with Gasteiger partial charge in [0.25, 0.3) is 0 Å². The summed E-state index contributed by atoms with van der Waals surface area (Å²) in [5, 5.41) is 3.09. The van der Waals surface area contributed by atoms with Crippen LogP contribution < -0.4 is 10.2 Å². The van der Waals surface area contributed by atoms with Gasteiger partial charge in [-0.2, -0.15) is 4.37 Å². The second-order valence-electron chi connectivity index (χ2n) is 4.95. The van der Waals surface area contributed by atoms with Crippen molar-refractivity contribution in [3.63, 3.8) is 0 Å². The molecule has 2 aromatic rings. The van der Waals surface area contributed by atoms with Crippen LogP contribution in [0.1, 0.15) is 12.2 Å². The first-order valence-electron chi connectivity index (χ1n) is 6.73. The number of amides is 2. The van der Waals surface area contributed by atoms with Gasteiger partial charge in [-0.15, -0.1) is 0 Å². The number of carbonyl (C=O) groups excluding carboxylic acids is 2. The fraction of sp³-hybridized carbons (Fsp3) is 0.286. The molecule has 2 heterocycles. The number of carbonyl (C=O) groups is 2. The number of rotatable bonds is 3. The fourth-order valence-corrected chi connectivity index (χ4v) is 3.33. The highest BCUT2D eigenvalue weighted by Gasteiger charge is 2.37. The Hall–Kier alpha value is -1.80. The predicted molar refractivity (Wildman–Crippen MR) is 87.9 cm³/mol. The van der Waals surface area contributed by atoms with Crippen LogP contribution in [0.4, 0.5) is 10.8 Å². The zero-order chi connectivity index (χ0) is 15.7. The van der Waals surface area contributed by atoms with Crippen LogP contribution in [0.3, 0.4) is 0 Å². The number of benzene rings is 1. The Morgan fingerprint density at radius 2 is 2.32 bits per heavy atom. The first-order chi connectivity index (χ1) is 10.5. The molecule has 0 unspecified atom stereocenters. The maximum absolute atomic E-state index is 12.5. The monoisotopic (exact) mass is 380 g/mol. The Labute approximate surface area is 139 Å². The standard InChI is InChI=1S/C14H13BrN4O2S/c1-8-16-14(22-18-8)17-12(20)11-5-6-19(13(11)21)10-4-2-3-9(15)7-10/h2-4,7,11H,5-6H2,1H3,(H,16,17,18,20)/t11-/m0/s1. The van der Waals surface area contributed by atoms with Crippen LogP contribution >= 0.6 is 27.5 Å². The number of hydrogen-bond acceptors (Lipinski definition) is 5. The summed E-state index contributed by atoms with van der Waals surface area (Å²) in [6.07, 6.45) is 0.495. The second kappa shape index (κ2) is 6.13. The Bertz CT molecular complexity index is 733. The minimum Gasteiger partial charge on any atom is -0.312 e. The highest BCUT2D eigenvalue weighted by Crippen LogP contribution is 2.28. The molecule has 22 heavy (non-hydrogen) atoms. The maximum Gasteiger partial charge on any atom is 0.239 e. The Balaban J connectivity index is 1.72. The maximum atomic E-state index is 12.5. The SMILES string of the molecule is Cc1nsc(NC(=O)[C@@H]2CCN(c3cccc(Br)c3)C2=O)n1. The van der Waals surface area contributed by atoms with Gasteiger partial charge in [-0.25, -0.2) is 4.98 Å². The third-order valence-corrected chi connectivity index (χ3v) is 4.61. The van der Waals surface area contributed by atoms with E-state index in [9.17, 15) is 9.59 Å². The van der Waals surface area contributed by atoms with E-state index in [4.69, 9.17) is 0 Å². The van der Waals surface area contributed by atoms with Crippen molar-refractivity contribution in [1.82, 2.24) is 9.36 Å². The van der Waals surface area contributed by atoms with Crippen molar-refractivity contribution in [1.29, 1.82) is 0 Å². The summed E-state index contributed by atoms with van der Waals surface area (Å²) in [6, 6.07) is 7.49. The molecular weight excluding hydrogens is 368 g/mol. The molecule has 1 atom stereocenters.